The van der Waals surface area contributed by atoms with Crippen LogP contribution in [0.25, 0.3) is 0 Å². The Balaban J connectivity index is 1.53. The fraction of sp³-hybridized carbons (Fsp3) is 0.958. The molecule has 0 aromatic heterocycles. The predicted octanol–water partition coefficient (Wildman–Crippen LogP) is 2.80. The van der Waals surface area contributed by atoms with Crippen LogP contribution in [0.1, 0.15) is 71.6 Å². The van der Waals surface area contributed by atoms with Gasteiger partial charge in [-0.2, -0.15) is 0 Å². The Morgan fingerprint density at radius 1 is 1.00 bits per heavy atom. The zero-order valence-electron chi connectivity index (χ0n) is 19.3. The summed E-state index contributed by atoms with van der Waals surface area (Å²) in [7, 11) is 3.97. The van der Waals surface area contributed by atoms with Gasteiger partial charge in [-0.1, -0.05) is 19.0 Å². The van der Waals surface area contributed by atoms with E-state index in [1.807, 2.05) is 19.0 Å². The van der Waals surface area contributed by atoms with Crippen molar-refractivity contribution < 1.29 is 20.2 Å². The second-order valence-electron chi connectivity index (χ2n) is 11.5. The van der Waals surface area contributed by atoms with Gasteiger partial charge in [-0.3, -0.25) is 0 Å². The minimum Gasteiger partial charge on any atom is -0.395 e. The molecule has 4 fully saturated rings. The van der Waals surface area contributed by atoms with Crippen molar-refractivity contribution in [3.8, 4) is 0 Å². The quantitative estimate of drug-likeness (QED) is 0.360. The maximum absolute atomic E-state index is 12.1. The lowest BCUT2D eigenvalue weighted by molar-refractivity contribution is -0.224. The highest BCUT2D eigenvalue weighted by molar-refractivity contribution is 5.71. The molecular formula is C24H42N2O4. The molecule has 4 aliphatic carbocycles. The molecule has 0 spiro atoms. The number of likely N-dealkylation sites (N-methyl/N-ethyl adjacent to an activating group) is 1. The van der Waals surface area contributed by atoms with Gasteiger partial charge in [-0.05, 0) is 95.1 Å². The molecule has 4 saturated carbocycles. The summed E-state index contributed by atoms with van der Waals surface area (Å²) in [6, 6.07) is 0. The first-order valence-corrected chi connectivity index (χ1v) is 12.0. The zero-order chi connectivity index (χ0) is 21.8. The van der Waals surface area contributed by atoms with E-state index in [2.05, 4.69) is 19.0 Å². The summed E-state index contributed by atoms with van der Waals surface area (Å²) in [5.74, 6) is 1.24. The molecule has 4 rings (SSSR count). The van der Waals surface area contributed by atoms with E-state index in [0.29, 0.717) is 31.3 Å². The third kappa shape index (κ3) is 3.25. The Bertz CT molecular complexity index is 672. The van der Waals surface area contributed by atoms with Gasteiger partial charge in [0.25, 0.3) is 0 Å². The Kier molecular flexibility index (Phi) is 5.79. The molecule has 0 aliphatic heterocycles. The molecule has 6 nitrogen and oxygen atoms in total. The van der Waals surface area contributed by atoms with E-state index in [4.69, 9.17) is 4.84 Å². The third-order valence-electron chi connectivity index (χ3n) is 10.0. The molecule has 3 N–H and O–H groups in total. The predicted molar refractivity (Wildman–Crippen MR) is 117 cm³/mol. The lowest BCUT2D eigenvalue weighted by Gasteiger charge is -2.64. The van der Waals surface area contributed by atoms with Gasteiger partial charge in [0.15, 0.2) is 0 Å². The first-order valence-electron chi connectivity index (χ1n) is 12.0. The van der Waals surface area contributed by atoms with Crippen LogP contribution in [0.4, 0.5) is 0 Å². The maximum Gasteiger partial charge on any atom is 0.129 e. The second-order valence-corrected chi connectivity index (χ2v) is 11.5. The number of rotatable bonds is 5. The zero-order valence-corrected chi connectivity index (χ0v) is 19.3. The van der Waals surface area contributed by atoms with E-state index < -0.39 is 16.6 Å². The Morgan fingerprint density at radius 2 is 1.77 bits per heavy atom. The summed E-state index contributed by atoms with van der Waals surface area (Å²) >= 11 is 0. The molecule has 0 radical (unpaired) electrons. The van der Waals surface area contributed by atoms with Gasteiger partial charge in [0.2, 0.25) is 0 Å². The van der Waals surface area contributed by atoms with Crippen molar-refractivity contribution in [3.63, 3.8) is 0 Å². The molecule has 0 unspecified atom stereocenters. The van der Waals surface area contributed by atoms with Crippen LogP contribution in [0.5, 0.6) is 0 Å². The summed E-state index contributed by atoms with van der Waals surface area (Å²) in [6.45, 7) is 5.74. The minimum atomic E-state index is -1.13. The van der Waals surface area contributed by atoms with E-state index in [9.17, 15) is 15.3 Å². The van der Waals surface area contributed by atoms with Gasteiger partial charge >= 0.3 is 0 Å². The van der Waals surface area contributed by atoms with Crippen molar-refractivity contribution in [2.45, 2.75) is 88.9 Å². The fourth-order valence-corrected chi connectivity index (χ4v) is 7.86. The summed E-state index contributed by atoms with van der Waals surface area (Å²) < 4.78 is 0. The topological polar surface area (TPSA) is 85.5 Å². The molecule has 8 atom stereocenters. The molecule has 172 valence electrons. The Morgan fingerprint density at radius 3 is 2.50 bits per heavy atom. The molecule has 0 bridgehead atoms. The van der Waals surface area contributed by atoms with Gasteiger partial charge < -0.3 is 25.1 Å². The van der Waals surface area contributed by atoms with Crippen molar-refractivity contribution in [3.05, 3.63) is 0 Å². The van der Waals surface area contributed by atoms with Gasteiger partial charge in [0, 0.05) is 12.0 Å². The Hall–Kier alpha value is -0.690. The molecule has 30 heavy (non-hydrogen) atoms. The van der Waals surface area contributed by atoms with Crippen molar-refractivity contribution >= 4 is 6.21 Å². The van der Waals surface area contributed by atoms with Gasteiger partial charge in [-0.15, -0.1) is 0 Å². The van der Waals surface area contributed by atoms with Gasteiger partial charge in [0.05, 0.1) is 17.9 Å². The fourth-order valence-electron chi connectivity index (χ4n) is 7.86. The smallest absolute Gasteiger partial charge is 0.129 e. The van der Waals surface area contributed by atoms with Crippen LogP contribution >= 0.6 is 0 Å². The lowest BCUT2D eigenvalue weighted by atomic mass is 9.43. The second kappa shape index (κ2) is 7.72. The van der Waals surface area contributed by atoms with Crippen LogP contribution in [-0.4, -0.2) is 71.0 Å². The molecule has 0 saturated heterocycles. The number of hydrogen-bond donors (Lipinski definition) is 3. The molecular weight excluding hydrogens is 380 g/mol. The lowest BCUT2D eigenvalue weighted by Crippen LogP contribution is -2.65. The van der Waals surface area contributed by atoms with Crippen molar-refractivity contribution in [2.24, 2.45) is 33.7 Å². The highest BCUT2D eigenvalue weighted by atomic mass is 16.6. The molecule has 0 aromatic carbocycles. The van der Waals surface area contributed by atoms with Crippen LogP contribution in [0.15, 0.2) is 5.16 Å². The monoisotopic (exact) mass is 422 g/mol. The van der Waals surface area contributed by atoms with Crippen LogP contribution in [-0.2, 0) is 4.84 Å². The summed E-state index contributed by atoms with van der Waals surface area (Å²) in [4.78, 5) is 7.43. The van der Waals surface area contributed by atoms with E-state index in [1.54, 1.807) is 6.21 Å². The molecule has 6 heteroatoms. The maximum atomic E-state index is 12.1. The minimum absolute atomic E-state index is 0.156. The summed E-state index contributed by atoms with van der Waals surface area (Å²) in [5.41, 5.74) is -2.41. The van der Waals surface area contributed by atoms with Gasteiger partial charge in [-0.25, -0.2) is 0 Å². The highest BCUT2D eigenvalue weighted by Crippen LogP contribution is 2.69. The van der Waals surface area contributed by atoms with Crippen LogP contribution < -0.4 is 0 Å². The first kappa shape index (κ1) is 22.5. The number of aliphatic hydroxyl groups excluding tert-OH is 1. The first-order chi connectivity index (χ1) is 14.1. The van der Waals surface area contributed by atoms with E-state index >= 15 is 0 Å². The molecule has 0 aromatic rings. The Labute approximate surface area is 181 Å². The molecule has 0 heterocycles. The standard InChI is InChI=1S/C24H42N2O4/c1-21-9-7-18(27)15-17(21)5-6-20-19(21)8-10-22(2)23(28,11-12-24(20,22)29)16-25-30-14-13-26(3)4/h16-20,27-29H,5-15H2,1-4H3/t17-,18+,19+,20-,21+,22-,23+,24+/m1/s1. The number of aliphatic hydroxyl groups is 3. The largest absolute Gasteiger partial charge is 0.395 e. The molecule has 0 amide bonds. The average molecular weight is 423 g/mol. The average Bonchev–Trinajstić information content (AvgIpc) is 2.89. The van der Waals surface area contributed by atoms with E-state index in [0.717, 1.165) is 51.5 Å². The normalized spacial score (nSPS) is 50.9. The number of nitrogens with zero attached hydrogens (tertiary/aromatic N) is 2. The van der Waals surface area contributed by atoms with E-state index in [-0.39, 0.29) is 17.4 Å². The third-order valence-corrected chi connectivity index (χ3v) is 10.0. The number of fused-ring (bicyclic) bond motifs is 5. The highest BCUT2D eigenvalue weighted by Gasteiger charge is 2.71. The summed E-state index contributed by atoms with van der Waals surface area (Å²) in [6.07, 6.45) is 9.32. The van der Waals surface area contributed by atoms with Crippen molar-refractivity contribution in [1.29, 1.82) is 0 Å². The number of oxime groups is 1. The van der Waals surface area contributed by atoms with E-state index in [1.165, 1.54) is 0 Å². The van der Waals surface area contributed by atoms with Crippen LogP contribution in [0, 0.1) is 28.6 Å². The van der Waals surface area contributed by atoms with Crippen LogP contribution in [0.3, 0.4) is 0 Å². The SMILES string of the molecule is CN(C)CCON=C[C@@]1(O)CC[C@]2(O)[C@@H]3CC[C@@H]4C[C@@H](O)CC[C@]4(C)[C@H]3CC[C@]12C. The number of hydrogen-bond acceptors (Lipinski definition) is 6. The van der Waals surface area contributed by atoms with Crippen molar-refractivity contribution in [1.82, 2.24) is 4.90 Å². The summed E-state index contributed by atoms with van der Waals surface area (Å²) in [5, 5.41) is 38.0. The van der Waals surface area contributed by atoms with Crippen LogP contribution in [0.2, 0.25) is 0 Å². The van der Waals surface area contributed by atoms with Gasteiger partial charge in [0.1, 0.15) is 12.2 Å². The molecule has 4 aliphatic rings. The van der Waals surface area contributed by atoms with Crippen molar-refractivity contribution in [2.75, 3.05) is 27.2 Å².